The Morgan fingerprint density at radius 3 is 1.94 bits per heavy atom. The molecule has 0 atom stereocenters. The van der Waals surface area contributed by atoms with E-state index in [0.717, 1.165) is 38.5 Å². The predicted molar refractivity (Wildman–Crippen MR) is 124 cm³/mol. The van der Waals surface area contributed by atoms with Crippen LogP contribution in [0.25, 0.3) is 0 Å². The Hall–Kier alpha value is -2.96. The average molecular weight is 440 g/mol. The van der Waals surface area contributed by atoms with Crippen LogP contribution < -0.4 is 0 Å². The number of benzene rings is 2. The molecule has 32 heavy (non-hydrogen) atoms. The molecule has 1 heterocycles. The fourth-order valence-electron chi connectivity index (χ4n) is 3.57. The van der Waals surface area contributed by atoms with E-state index < -0.39 is 11.9 Å². The van der Waals surface area contributed by atoms with Gasteiger partial charge in [0.05, 0.1) is 0 Å². The van der Waals surface area contributed by atoms with E-state index in [9.17, 15) is 9.59 Å². The highest BCUT2D eigenvalue weighted by molar-refractivity contribution is 5.89. The van der Waals surface area contributed by atoms with Crippen LogP contribution in [0.5, 0.6) is 0 Å². The van der Waals surface area contributed by atoms with Gasteiger partial charge >= 0.3 is 11.9 Å². The smallest absolute Gasteiger partial charge is 0.328 e. The molecule has 2 aromatic carbocycles. The van der Waals surface area contributed by atoms with Crippen molar-refractivity contribution < 1.29 is 24.5 Å². The molecule has 0 aliphatic carbocycles. The van der Waals surface area contributed by atoms with E-state index in [-0.39, 0.29) is 0 Å². The predicted octanol–water partition coefficient (Wildman–Crippen LogP) is 4.26. The summed E-state index contributed by atoms with van der Waals surface area (Å²) < 4.78 is 5.93. The maximum Gasteiger partial charge on any atom is 0.328 e. The highest BCUT2D eigenvalue weighted by atomic mass is 16.5. The van der Waals surface area contributed by atoms with Crippen molar-refractivity contribution in [1.82, 2.24) is 4.90 Å². The summed E-state index contributed by atoms with van der Waals surface area (Å²) in [5.41, 5.74) is 2.84. The maximum atomic E-state index is 9.55. The van der Waals surface area contributed by atoms with Crippen molar-refractivity contribution in [2.24, 2.45) is 5.92 Å². The molecule has 0 spiro atoms. The van der Waals surface area contributed by atoms with Gasteiger partial charge in [-0.15, -0.1) is 0 Å². The standard InChI is InChI=1S/C22H29NO.C4H4O4/c1-3-8-20(9-4-1)12-7-17-24-19-22-13-15-23(16-14-22)18-21-10-5-2-6-11-21;5-3(6)1-2-4(7)8/h1-6,8-11,22H,7,12-19H2;1-2H,(H,5,6)(H,7,8)/b;2-1-. The molecule has 3 rings (SSSR count). The lowest BCUT2D eigenvalue weighted by molar-refractivity contribution is -0.134. The summed E-state index contributed by atoms with van der Waals surface area (Å²) in [5.74, 6) is -1.77. The van der Waals surface area contributed by atoms with Gasteiger partial charge in [-0.1, -0.05) is 60.7 Å². The summed E-state index contributed by atoms with van der Waals surface area (Å²) in [5, 5.41) is 15.6. The van der Waals surface area contributed by atoms with Gasteiger partial charge < -0.3 is 14.9 Å². The van der Waals surface area contributed by atoms with Crippen LogP contribution in [0.15, 0.2) is 72.8 Å². The van der Waals surface area contributed by atoms with Crippen molar-refractivity contribution in [2.45, 2.75) is 32.2 Å². The topological polar surface area (TPSA) is 87.1 Å². The third-order valence-electron chi connectivity index (χ3n) is 5.28. The summed E-state index contributed by atoms with van der Waals surface area (Å²) in [6.45, 7) is 5.32. The van der Waals surface area contributed by atoms with Crippen molar-refractivity contribution >= 4 is 11.9 Å². The number of carboxylic acids is 2. The monoisotopic (exact) mass is 439 g/mol. The number of rotatable bonds is 10. The molecule has 1 aliphatic rings. The molecule has 2 N–H and O–H groups in total. The second kappa shape index (κ2) is 14.9. The molecule has 6 heteroatoms. The second-order valence-corrected chi connectivity index (χ2v) is 7.88. The lowest BCUT2D eigenvalue weighted by Crippen LogP contribution is -2.34. The van der Waals surface area contributed by atoms with Crippen molar-refractivity contribution in [1.29, 1.82) is 0 Å². The van der Waals surface area contributed by atoms with Gasteiger partial charge in [0, 0.05) is 31.9 Å². The Bertz CT molecular complexity index is 799. The molecule has 1 fully saturated rings. The minimum absolute atomic E-state index is 0.558. The molecule has 0 unspecified atom stereocenters. The number of hydrogen-bond donors (Lipinski definition) is 2. The zero-order valence-corrected chi connectivity index (χ0v) is 18.4. The van der Waals surface area contributed by atoms with E-state index in [2.05, 4.69) is 65.6 Å². The molecule has 0 bridgehead atoms. The first kappa shape index (κ1) is 25.3. The van der Waals surface area contributed by atoms with E-state index in [4.69, 9.17) is 14.9 Å². The maximum absolute atomic E-state index is 9.55. The molecular weight excluding hydrogens is 406 g/mol. The largest absolute Gasteiger partial charge is 0.478 e. The number of hydrogen-bond acceptors (Lipinski definition) is 4. The summed E-state index contributed by atoms with van der Waals surface area (Å²) in [6.07, 6.45) is 5.90. The fraction of sp³-hybridized carbons (Fsp3) is 0.385. The number of carboxylic acid groups (broad SMARTS) is 2. The molecule has 0 radical (unpaired) electrons. The Labute approximate surface area is 190 Å². The second-order valence-electron chi connectivity index (χ2n) is 7.88. The fourth-order valence-corrected chi connectivity index (χ4v) is 3.57. The van der Waals surface area contributed by atoms with Crippen LogP contribution in [-0.2, 0) is 27.3 Å². The van der Waals surface area contributed by atoms with Crippen molar-refractivity contribution in [3.05, 3.63) is 83.9 Å². The average Bonchev–Trinajstić information content (AvgIpc) is 2.80. The zero-order chi connectivity index (χ0) is 23.0. The van der Waals surface area contributed by atoms with Gasteiger partial charge in [0.1, 0.15) is 0 Å². The third kappa shape index (κ3) is 11.4. The number of piperidine rings is 1. The first-order valence-electron chi connectivity index (χ1n) is 11.0. The number of nitrogens with zero attached hydrogens (tertiary/aromatic N) is 1. The van der Waals surface area contributed by atoms with Gasteiger partial charge in [-0.3, -0.25) is 4.90 Å². The lowest BCUT2D eigenvalue weighted by Gasteiger charge is -2.31. The van der Waals surface area contributed by atoms with Gasteiger partial charge in [0.2, 0.25) is 0 Å². The van der Waals surface area contributed by atoms with Crippen molar-refractivity contribution in [3.63, 3.8) is 0 Å². The van der Waals surface area contributed by atoms with E-state index in [1.54, 1.807) is 0 Å². The van der Waals surface area contributed by atoms with E-state index in [1.165, 1.54) is 37.1 Å². The van der Waals surface area contributed by atoms with Crippen LogP contribution in [0.4, 0.5) is 0 Å². The summed E-state index contributed by atoms with van der Waals surface area (Å²) in [7, 11) is 0. The molecule has 0 amide bonds. The van der Waals surface area contributed by atoms with Crippen molar-refractivity contribution in [3.8, 4) is 0 Å². The minimum Gasteiger partial charge on any atom is -0.478 e. The van der Waals surface area contributed by atoms with Gasteiger partial charge in [0.15, 0.2) is 0 Å². The molecular formula is C26H33NO5. The summed E-state index contributed by atoms with van der Waals surface area (Å²) >= 11 is 0. The van der Waals surface area contributed by atoms with Gasteiger partial charge in [-0.05, 0) is 55.8 Å². The first-order chi connectivity index (χ1) is 15.5. The zero-order valence-electron chi connectivity index (χ0n) is 18.4. The van der Waals surface area contributed by atoms with Crippen LogP contribution in [0, 0.1) is 5.92 Å². The quantitative estimate of drug-likeness (QED) is 0.425. The highest BCUT2D eigenvalue weighted by Gasteiger charge is 2.19. The number of aliphatic carboxylic acids is 2. The minimum atomic E-state index is -1.26. The number of carbonyl (C=O) groups is 2. The normalized spacial score (nSPS) is 14.6. The number of likely N-dealkylation sites (tertiary alicyclic amines) is 1. The van der Waals surface area contributed by atoms with Crippen LogP contribution in [-0.4, -0.2) is 53.4 Å². The van der Waals surface area contributed by atoms with Crippen LogP contribution in [0.3, 0.4) is 0 Å². The molecule has 1 saturated heterocycles. The number of aryl methyl sites for hydroxylation is 1. The SMILES string of the molecule is O=C(O)/C=C\C(=O)O.c1ccc(CCCOCC2CCN(Cc3ccccc3)CC2)cc1. The first-order valence-corrected chi connectivity index (χ1v) is 11.0. The van der Waals surface area contributed by atoms with Crippen molar-refractivity contribution in [2.75, 3.05) is 26.3 Å². The Balaban J connectivity index is 0.000000390. The van der Waals surface area contributed by atoms with Gasteiger partial charge in [-0.25, -0.2) is 9.59 Å². The van der Waals surface area contributed by atoms with Crippen LogP contribution in [0.1, 0.15) is 30.4 Å². The highest BCUT2D eigenvalue weighted by Crippen LogP contribution is 2.19. The van der Waals surface area contributed by atoms with Gasteiger partial charge in [0.25, 0.3) is 0 Å². The number of ether oxygens (including phenoxy) is 1. The molecule has 2 aromatic rings. The van der Waals surface area contributed by atoms with E-state index >= 15 is 0 Å². The molecule has 6 nitrogen and oxygen atoms in total. The van der Waals surface area contributed by atoms with Crippen LogP contribution >= 0.6 is 0 Å². The Kier molecular flexibility index (Phi) is 11.8. The molecule has 0 saturated carbocycles. The van der Waals surface area contributed by atoms with Gasteiger partial charge in [-0.2, -0.15) is 0 Å². The van der Waals surface area contributed by atoms with Crippen LogP contribution in [0.2, 0.25) is 0 Å². The lowest BCUT2D eigenvalue weighted by atomic mass is 9.97. The van der Waals surface area contributed by atoms with E-state index in [1.807, 2.05) is 0 Å². The molecule has 0 aromatic heterocycles. The summed E-state index contributed by atoms with van der Waals surface area (Å²) in [4.78, 5) is 21.7. The molecule has 172 valence electrons. The molecule has 1 aliphatic heterocycles. The summed E-state index contributed by atoms with van der Waals surface area (Å²) in [6, 6.07) is 21.5. The Morgan fingerprint density at radius 2 is 1.41 bits per heavy atom. The Morgan fingerprint density at radius 1 is 0.875 bits per heavy atom. The van der Waals surface area contributed by atoms with E-state index in [0.29, 0.717) is 12.2 Å². The third-order valence-corrected chi connectivity index (χ3v) is 5.28.